The maximum atomic E-state index is 4.29. The van der Waals surface area contributed by atoms with E-state index in [-0.39, 0.29) is 0 Å². The number of rotatable bonds is 7. The summed E-state index contributed by atoms with van der Waals surface area (Å²) in [5, 5.41) is 3.46. The molecule has 0 aromatic carbocycles. The molecular formula is C15H29N3. The molecule has 1 aromatic heterocycles. The first-order valence-electron chi connectivity index (χ1n) is 7.14. The van der Waals surface area contributed by atoms with Crippen molar-refractivity contribution in [2.45, 2.75) is 60.7 Å². The molecule has 0 unspecified atom stereocenters. The lowest BCUT2D eigenvalue weighted by Crippen LogP contribution is -2.26. The molecule has 3 nitrogen and oxygen atoms in total. The van der Waals surface area contributed by atoms with Gasteiger partial charge in [-0.2, -0.15) is 0 Å². The summed E-state index contributed by atoms with van der Waals surface area (Å²) in [6.07, 6.45) is 3.95. The van der Waals surface area contributed by atoms with Gasteiger partial charge in [-0.3, -0.25) is 0 Å². The predicted octanol–water partition coefficient (Wildman–Crippen LogP) is 3.31. The zero-order valence-electron chi connectivity index (χ0n) is 12.8. The van der Waals surface area contributed by atoms with Gasteiger partial charge in [-0.1, -0.05) is 41.5 Å². The maximum Gasteiger partial charge on any atom is 0.0948 e. The van der Waals surface area contributed by atoms with E-state index in [0.717, 1.165) is 13.1 Å². The van der Waals surface area contributed by atoms with Crippen LogP contribution in [0.4, 0.5) is 0 Å². The van der Waals surface area contributed by atoms with Crippen LogP contribution in [0.3, 0.4) is 0 Å². The number of aromatic nitrogens is 2. The van der Waals surface area contributed by atoms with Gasteiger partial charge in [0.15, 0.2) is 0 Å². The summed E-state index contributed by atoms with van der Waals surface area (Å²) >= 11 is 0. The van der Waals surface area contributed by atoms with Crippen LogP contribution >= 0.6 is 0 Å². The lowest BCUT2D eigenvalue weighted by molar-refractivity contribution is 0.249. The van der Waals surface area contributed by atoms with Gasteiger partial charge < -0.3 is 9.88 Å². The second-order valence-corrected chi connectivity index (χ2v) is 6.22. The van der Waals surface area contributed by atoms with Gasteiger partial charge in [-0.25, -0.2) is 4.98 Å². The molecule has 0 radical (unpaired) electrons. The number of hydrogen-bond acceptors (Lipinski definition) is 2. The number of nitrogens with one attached hydrogen (secondary N) is 1. The Hall–Kier alpha value is -0.830. The molecule has 1 N–H and O–H groups in total. The van der Waals surface area contributed by atoms with Gasteiger partial charge in [-0.15, -0.1) is 0 Å². The number of nitrogens with zero attached hydrogens (tertiary/aromatic N) is 2. The Labute approximate surface area is 112 Å². The van der Waals surface area contributed by atoms with E-state index in [2.05, 4.69) is 56.4 Å². The van der Waals surface area contributed by atoms with Crippen LogP contribution in [0.5, 0.6) is 0 Å². The normalized spacial score (nSPS) is 12.3. The average Bonchev–Trinajstić information content (AvgIpc) is 2.69. The second-order valence-electron chi connectivity index (χ2n) is 6.22. The summed E-state index contributed by atoms with van der Waals surface area (Å²) < 4.78 is 2.31. The minimum Gasteiger partial charge on any atom is -0.333 e. The van der Waals surface area contributed by atoms with Crippen LogP contribution in [-0.2, 0) is 13.1 Å². The molecule has 1 aromatic rings. The third kappa shape index (κ3) is 4.45. The molecule has 0 saturated heterocycles. The second kappa shape index (κ2) is 6.93. The van der Waals surface area contributed by atoms with Gasteiger partial charge in [0.1, 0.15) is 0 Å². The van der Waals surface area contributed by atoms with E-state index in [1.165, 1.54) is 5.69 Å². The van der Waals surface area contributed by atoms with Crippen molar-refractivity contribution in [2.75, 3.05) is 0 Å². The average molecular weight is 251 g/mol. The number of hydrogen-bond donors (Lipinski definition) is 1. The predicted molar refractivity (Wildman–Crippen MR) is 77.4 cm³/mol. The molecule has 0 saturated carbocycles. The standard InChI is InChI=1S/C15H29N3/c1-11(2)15(12(3)4)9-18-10-16-7-14(18)8-17-13(5)6/h7,10-13,15,17H,8-9H2,1-6H3. The zero-order valence-corrected chi connectivity index (χ0v) is 12.8. The molecule has 1 rings (SSSR count). The summed E-state index contributed by atoms with van der Waals surface area (Å²) in [5.41, 5.74) is 1.29. The van der Waals surface area contributed by atoms with Crippen LogP contribution in [0.25, 0.3) is 0 Å². The fraction of sp³-hybridized carbons (Fsp3) is 0.800. The third-order valence-corrected chi connectivity index (χ3v) is 3.61. The SMILES string of the molecule is CC(C)NCc1cncn1CC(C(C)C)C(C)C. The van der Waals surface area contributed by atoms with E-state index >= 15 is 0 Å². The molecule has 104 valence electrons. The van der Waals surface area contributed by atoms with Gasteiger partial charge >= 0.3 is 0 Å². The Kier molecular flexibility index (Phi) is 5.86. The Morgan fingerprint density at radius 1 is 1.11 bits per heavy atom. The molecule has 0 fully saturated rings. The van der Waals surface area contributed by atoms with E-state index in [4.69, 9.17) is 0 Å². The van der Waals surface area contributed by atoms with Crippen molar-refractivity contribution >= 4 is 0 Å². The summed E-state index contributed by atoms with van der Waals surface area (Å²) in [5.74, 6) is 2.12. The smallest absolute Gasteiger partial charge is 0.0948 e. The molecule has 0 atom stereocenters. The topological polar surface area (TPSA) is 29.9 Å². The third-order valence-electron chi connectivity index (χ3n) is 3.61. The highest BCUT2D eigenvalue weighted by Gasteiger charge is 2.19. The van der Waals surface area contributed by atoms with E-state index in [1.807, 2.05) is 12.5 Å². The van der Waals surface area contributed by atoms with E-state index in [1.54, 1.807) is 0 Å². The van der Waals surface area contributed by atoms with Crippen molar-refractivity contribution in [1.29, 1.82) is 0 Å². The van der Waals surface area contributed by atoms with E-state index < -0.39 is 0 Å². The summed E-state index contributed by atoms with van der Waals surface area (Å²) in [6, 6.07) is 0.513. The summed E-state index contributed by atoms with van der Waals surface area (Å²) in [7, 11) is 0. The van der Waals surface area contributed by atoms with E-state index in [9.17, 15) is 0 Å². The first-order valence-corrected chi connectivity index (χ1v) is 7.14. The summed E-state index contributed by atoms with van der Waals surface area (Å²) in [4.78, 5) is 4.29. The first kappa shape index (κ1) is 15.2. The molecule has 3 heteroatoms. The highest BCUT2D eigenvalue weighted by atomic mass is 15.1. The lowest BCUT2D eigenvalue weighted by atomic mass is 9.85. The van der Waals surface area contributed by atoms with Crippen molar-refractivity contribution < 1.29 is 0 Å². The molecule has 0 bridgehead atoms. The highest BCUT2D eigenvalue weighted by molar-refractivity contribution is 4.98. The van der Waals surface area contributed by atoms with Crippen molar-refractivity contribution in [3.63, 3.8) is 0 Å². The first-order chi connectivity index (χ1) is 8.41. The Bertz CT molecular complexity index is 331. The molecular weight excluding hydrogens is 222 g/mol. The monoisotopic (exact) mass is 251 g/mol. The summed E-state index contributed by atoms with van der Waals surface area (Å²) in [6.45, 7) is 15.6. The Morgan fingerprint density at radius 3 is 2.22 bits per heavy atom. The van der Waals surface area contributed by atoms with Gasteiger partial charge in [0.25, 0.3) is 0 Å². The number of imidazole rings is 1. The van der Waals surface area contributed by atoms with Gasteiger partial charge in [-0.05, 0) is 17.8 Å². The van der Waals surface area contributed by atoms with Crippen LogP contribution in [0.15, 0.2) is 12.5 Å². The fourth-order valence-corrected chi connectivity index (χ4v) is 2.39. The largest absolute Gasteiger partial charge is 0.333 e. The molecule has 0 aliphatic carbocycles. The lowest BCUT2D eigenvalue weighted by Gasteiger charge is -2.26. The molecule has 0 spiro atoms. The van der Waals surface area contributed by atoms with Gasteiger partial charge in [0.2, 0.25) is 0 Å². The van der Waals surface area contributed by atoms with Crippen molar-refractivity contribution in [3.05, 3.63) is 18.2 Å². The zero-order chi connectivity index (χ0) is 13.7. The highest BCUT2D eigenvalue weighted by Crippen LogP contribution is 2.23. The fourth-order valence-electron chi connectivity index (χ4n) is 2.39. The van der Waals surface area contributed by atoms with Crippen molar-refractivity contribution in [1.82, 2.24) is 14.9 Å². The quantitative estimate of drug-likeness (QED) is 0.805. The van der Waals surface area contributed by atoms with Crippen LogP contribution in [0.1, 0.15) is 47.2 Å². The van der Waals surface area contributed by atoms with Crippen LogP contribution < -0.4 is 5.32 Å². The molecule has 0 aliphatic rings. The molecule has 18 heavy (non-hydrogen) atoms. The van der Waals surface area contributed by atoms with Gasteiger partial charge in [0.05, 0.1) is 12.0 Å². The minimum atomic E-state index is 0.513. The molecule has 1 heterocycles. The maximum absolute atomic E-state index is 4.29. The minimum absolute atomic E-state index is 0.513. The molecule has 0 aliphatic heterocycles. The van der Waals surface area contributed by atoms with Crippen LogP contribution in [0.2, 0.25) is 0 Å². The Balaban J connectivity index is 2.68. The molecule has 0 amide bonds. The van der Waals surface area contributed by atoms with Crippen LogP contribution in [0, 0.1) is 17.8 Å². The van der Waals surface area contributed by atoms with Crippen molar-refractivity contribution in [3.8, 4) is 0 Å². The van der Waals surface area contributed by atoms with E-state index in [0.29, 0.717) is 23.8 Å². The van der Waals surface area contributed by atoms with Gasteiger partial charge in [0, 0.05) is 25.3 Å². The van der Waals surface area contributed by atoms with Crippen LogP contribution in [-0.4, -0.2) is 15.6 Å². The Morgan fingerprint density at radius 2 is 1.72 bits per heavy atom. The van der Waals surface area contributed by atoms with Crippen molar-refractivity contribution in [2.24, 2.45) is 17.8 Å².